The van der Waals surface area contributed by atoms with Crippen LogP contribution in [-0.4, -0.2) is 23.7 Å². The third-order valence-electron chi connectivity index (χ3n) is 1.53. The summed E-state index contributed by atoms with van der Waals surface area (Å²) >= 11 is 0. The molecule has 0 heterocycles. The Bertz CT molecular complexity index is 368. The summed E-state index contributed by atoms with van der Waals surface area (Å²) in [6.07, 6.45) is -0.925. The molecule has 0 fully saturated rings. The quantitative estimate of drug-likeness (QED) is 0.777. The highest BCUT2D eigenvalue weighted by atomic mass is 16.5. The van der Waals surface area contributed by atoms with E-state index in [1.807, 2.05) is 11.4 Å². The Balaban J connectivity index is 2.33. The summed E-state index contributed by atoms with van der Waals surface area (Å²) in [7, 11) is 0. The second-order valence-corrected chi connectivity index (χ2v) is 2.69. The van der Waals surface area contributed by atoms with E-state index in [9.17, 15) is 9.59 Å². The van der Waals surface area contributed by atoms with Crippen molar-refractivity contribution in [2.24, 2.45) is 0 Å². The van der Waals surface area contributed by atoms with Crippen molar-refractivity contribution in [2.45, 2.75) is 6.61 Å². The van der Waals surface area contributed by atoms with E-state index in [1.165, 1.54) is 0 Å². The number of amides is 1. The Kier molecular flexibility index (Phi) is 3.58. The number of ether oxygens (including phenoxy) is 1. The maximum absolute atomic E-state index is 11.0. The van der Waals surface area contributed by atoms with Crippen LogP contribution in [-0.2, 0) is 16.1 Å². The molecule has 0 aromatic heterocycles. The molecule has 1 atom stereocenters. The molecule has 5 nitrogen and oxygen atoms in total. The van der Waals surface area contributed by atoms with Crippen LogP contribution in [0, 0.1) is 0 Å². The highest BCUT2D eigenvalue weighted by Crippen LogP contribution is 2.00. The number of hydrogen-bond acceptors (Lipinski definition) is 3. The molecule has 0 saturated carbocycles. The van der Waals surface area contributed by atoms with Gasteiger partial charge in [-0.1, -0.05) is 30.3 Å². The average Bonchev–Trinajstić information content (AvgIpc) is 2.27. The Labute approximate surface area is 88.1 Å². The predicted octanol–water partition coefficient (Wildman–Crippen LogP) is 0.997. The molecule has 0 radical (unpaired) electrons. The lowest BCUT2D eigenvalue weighted by atomic mass is 10.2. The number of hydrogen-bond donors (Lipinski definition) is 2. The van der Waals surface area contributed by atoms with Gasteiger partial charge in [0.25, 0.3) is 0 Å². The van der Waals surface area contributed by atoms with Gasteiger partial charge in [0.1, 0.15) is 13.1 Å². The molecule has 15 heavy (non-hydrogen) atoms. The second kappa shape index (κ2) is 5.64. The summed E-state index contributed by atoms with van der Waals surface area (Å²) in [5.74, 6) is -1.43. The van der Waals surface area contributed by atoms with Gasteiger partial charge in [-0.15, -0.1) is 0 Å². The lowest BCUT2D eigenvalue weighted by molar-refractivity contribution is -0.135. The predicted molar refractivity (Wildman–Crippen MR) is 52.3 cm³/mol. The van der Waals surface area contributed by atoms with E-state index in [1.54, 1.807) is 24.3 Å². The average molecular weight is 210 g/mol. The lowest BCUT2D eigenvalue weighted by Crippen LogP contribution is -2.29. The first kappa shape index (κ1) is 9.51. The lowest BCUT2D eigenvalue weighted by Gasteiger charge is -2.04. The summed E-state index contributed by atoms with van der Waals surface area (Å²) in [5.41, 5.74) is 0.787. The maximum atomic E-state index is 11.0. The number of carboxylic acids is 1. The van der Waals surface area contributed by atoms with E-state index in [0.717, 1.165) is 5.56 Å². The molecule has 0 aliphatic carbocycles. The van der Waals surface area contributed by atoms with Gasteiger partial charge < -0.3 is 15.2 Å². The van der Waals surface area contributed by atoms with Gasteiger partial charge in [0.05, 0.1) is 1.37 Å². The zero-order valence-electron chi connectivity index (χ0n) is 8.84. The van der Waals surface area contributed by atoms with E-state index < -0.39 is 18.6 Å². The molecule has 0 spiro atoms. The topological polar surface area (TPSA) is 75.6 Å². The fourth-order valence-electron chi connectivity index (χ4n) is 0.885. The van der Waals surface area contributed by atoms with Crippen LogP contribution >= 0.6 is 0 Å². The normalized spacial score (nSPS) is 12.4. The van der Waals surface area contributed by atoms with Crippen molar-refractivity contribution in [1.29, 1.82) is 0 Å². The summed E-state index contributed by atoms with van der Waals surface area (Å²) in [6.45, 7) is -1.66. The first-order valence-corrected chi connectivity index (χ1v) is 4.22. The number of aliphatic carboxylic acids is 1. The molecule has 1 aromatic carbocycles. The minimum absolute atomic E-state index is 0.0407. The standard InChI is InChI=1S/C10H11NO4/c12-9(13)6-11-10(14)15-7-8-4-2-1-3-5-8/h1-5H,6-7H2,(H,11,14)(H,12,13)/i6D. The van der Waals surface area contributed by atoms with Crippen LogP contribution in [0.3, 0.4) is 0 Å². The molecule has 0 aliphatic heterocycles. The van der Waals surface area contributed by atoms with Crippen LogP contribution in [0.4, 0.5) is 4.79 Å². The monoisotopic (exact) mass is 210 g/mol. The molecule has 1 amide bonds. The van der Waals surface area contributed by atoms with Crippen molar-refractivity contribution in [3.63, 3.8) is 0 Å². The number of nitrogens with one attached hydrogen (secondary N) is 1. The molecule has 2 N–H and O–H groups in total. The summed E-state index contributed by atoms with van der Waals surface area (Å²) in [4.78, 5) is 21.3. The van der Waals surface area contributed by atoms with Gasteiger partial charge in [-0.05, 0) is 5.56 Å². The first-order chi connectivity index (χ1) is 7.59. The minimum Gasteiger partial charge on any atom is -0.480 e. The molecule has 0 saturated heterocycles. The zero-order chi connectivity index (χ0) is 12.0. The van der Waals surface area contributed by atoms with Gasteiger partial charge in [-0.25, -0.2) is 4.79 Å². The van der Waals surface area contributed by atoms with Gasteiger partial charge in [0.15, 0.2) is 0 Å². The van der Waals surface area contributed by atoms with Crippen LogP contribution in [0.2, 0.25) is 0 Å². The number of rotatable bonds is 4. The SMILES string of the molecule is [2H]C(NC(=O)OCc1ccccc1)C(=O)O. The van der Waals surface area contributed by atoms with Crippen molar-refractivity contribution in [3.8, 4) is 0 Å². The Morgan fingerprint density at radius 1 is 1.40 bits per heavy atom. The number of carboxylic acid groups (broad SMARTS) is 1. The number of carbonyl (C=O) groups excluding carboxylic acids is 1. The van der Waals surface area contributed by atoms with Crippen molar-refractivity contribution in [1.82, 2.24) is 5.32 Å². The van der Waals surface area contributed by atoms with Crippen LogP contribution < -0.4 is 5.32 Å². The zero-order valence-corrected chi connectivity index (χ0v) is 7.84. The van der Waals surface area contributed by atoms with Gasteiger partial charge in [0, 0.05) is 0 Å². The summed E-state index contributed by atoms with van der Waals surface area (Å²) < 4.78 is 11.6. The van der Waals surface area contributed by atoms with Crippen molar-refractivity contribution < 1.29 is 20.8 Å². The van der Waals surface area contributed by atoms with Crippen LogP contribution in [0.25, 0.3) is 0 Å². The minimum atomic E-state index is -1.71. The summed E-state index contributed by atoms with van der Waals surface area (Å²) in [5, 5.41) is 10.2. The van der Waals surface area contributed by atoms with Gasteiger partial charge in [-0.3, -0.25) is 4.79 Å². The molecule has 5 heteroatoms. The van der Waals surface area contributed by atoms with Crippen molar-refractivity contribution in [2.75, 3.05) is 6.52 Å². The molecule has 1 rings (SSSR count). The highest BCUT2D eigenvalue weighted by molar-refractivity contribution is 5.76. The second-order valence-electron chi connectivity index (χ2n) is 2.69. The summed E-state index contributed by atoms with van der Waals surface area (Å²) in [6, 6.07) is 8.95. The Morgan fingerprint density at radius 3 is 2.67 bits per heavy atom. The largest absolute Gasteiger partial charge is 0.480 e. The molecule has 1 unspecified atom stereocenters. The smallest absolute Gasteiger partial charge is 0.407 e. The third kappa shape index (κ3) is 4.66. The van der Waals surface area contributed by atoms with Crippen LogP contribution in [0.15, 0.2) is 30.3 Å². The van der Waals surface area contributed by atoms with E-state index in [0.29, 0.717) is 0 Å². The molecule has 80 valence electrons. The maximum Gasteiger partial charge on any atom is 0.407 e. The number of benzene rings is 1. The fourth-order valence-corrected chi connectivity index (χ4v) is 0.885. The Morgan fingerprint density at radius 2 is 2.07 bits per heavy atom. The van der Waals surface area contributed by atoms with E-state index in [4.69, 9.17) is 11.2 Å². The van der Waals surface area contributed by atoms with Gasteiger partial charge >= 0.3 is 12.1 Å². The van der Waals surface area contributed by atoms with Crippen LogP contribution in [0.1, 0.15) is 6.93 Å². The van der Waals surface area contributed by atoms with E-state index >= 15 is 0 Å². The van der Waals surface area contributed by atoms with Gasteiger partial charge in [-0.2, -0.15) is 0 Å². The molecule has 0 bridgehead atoms. The van der Waals surface area contributed by atoms with E-state index in [-0.39, 0.29) is 6.61 Å². The number of carbonyl (C=O) groups is 2. The fraction of sp³-hybridized carbons (Fsp3) is 0.200. The first-order valence-electron chi connectivity index (χ1n) is 4.79. The van der Waals surface area contributed by atoms with Gasteiger partial charge in [0.2, 0.25) is 0 Å². The highest BCUT2D eigenvalue weighted by Gasteiger charge is 2.04. The van der Waals surface area contributed by atoms with E-state index in [2.05, 4.69) is 0 Å². The van der Waals surface area contributed by atoms with Crippen LogP contribution in [0.5, 0.6) is 0 Å². The molecule has 0 aliphatic rings. The number of alkyl carbamates (subject to hydrolysis) is 1. The van der Waals surface area contributed by atoms with Crippen molar-refractivity contribution in [3.05, 3.63) is 35.9 Å². The molecular weight excluding hydrogens is 198 g/mol. The third-order valence-corrected chi connectivity index (χ3v) is 1.53. The molecule has 1 aromatic rings. The van der Waals surface area contributed by atoms with Crippen molar-refractivity contribution >= 4 is 12.1 Å². The Hall–Kier alpha value is -2.04. The molecular formula is C10H11NO4.